The summed E-state index contributed by atoms with van der Waals surface area (Å²) < 4.78 is 0. The van der Waals surface area contributed by atoms with Gasteiger partial charge in [-0.2, -0.15) is 0 Å². The zero-order chi connectivity index (χ0) is 21.6. The maximum absolute atomic E-state index is 3.12. The van der Waals surface area contributed by atoms with E-state index < -0.39 is 0 Å². The second kappa shape index (κ2) is 9.23. The fourth-order valence-electron chi connectivity index (χ4n) is 3.94. The predicted molar refractivity (Wildman–Crippen MR) is 138 cm³/mol. The summed E-state index contributed by atoms with van der Waals surface area (Å²) >= 11 is 0. The lowest BCUT2D eigenvalue weighted by Gasteiger charge is -2.02. The molecule has 2 nitrogen and oxygen atoms in total. The van der Waals surface area contributed by atoms with Gasteiger partial charge >= 0.3 is 0 Å². The molecule has 0 saturated heterocycles. The van der Waals surface area contributed by atoms with E-state index in [2.05, 4.69) is 107 Å². The molecule has 0 spiro atoms. The third kappa shape index (κ3) is 4.26. The largest absolute Gasteiger partial charge is 0.361 e. The summed E-state index contributed by atoms with van der Waals surface area (Å²) in [5.41, 5.74) is 2.41. The zero-order valence-corrected chi connectivity index (χ0v) is 17.7. The lowest BCUT2D eigenvalue weighted by Crippen LogP contribution is -1.75. The molecular formula is C30H24N2. The molecule has 0 saturated carbocycles. The summed E-state index contributed by atoms with van der Waals surface area (Å²) in [5.74, 6) is 0. The molecule has 0 aliphatic carbocycles. The van der Waals surface area contributed by atoms with Gasteiger partial charge < -0.3 is 9.97 Å². The van der Waals surface area contributed by atoms with E-state index in [-0.39, 0.29) is 0 Å². The van der Waals surface area contributed by atoms with E-state index in [0.717, 1.165) is 0 Å². The summed E-state index contributed by atoms with van der Waals surface area (Å²) in [4.78, 5) is 6.24. The monoisotopic (exact) mass is 412 g/mol. The summed E-state index contributed by atoms with van der Waals surface area (Å²) in [5, 5.41) is 7.85. The second-order valence-corrected chi connectivity index (χ2v) is 7.64. The molecule has 2 N–H and O–H groups in total. The zero-order valence-electron chi connectivity index (χ0n) is 17.7. The Bertz CT molecular complexity index is 1410. The van der Waals surface area contributed by atoms with Crippen molar-refractivity contribution in [3.8, 4) is 0 Å². The number of hydrogen-bond acceptors (Lipinski definition) is 0. The average Bonchev–Trinajstić information content (AvgIpc) is 3.54. The van der Waals surface area contributed by atoms with Gasteiger partial charge in [-0.3, -0.25) is 0 Å². The Balaban J connectivity index is 0.000000106. The van der Waals surface area contributed by atoms with Crippen molar-refractivity contribution in [1.82, 2.24) is 9.97 Å². The van der Waals surface area contributed by atoms with Gasteiger partial charge in [0.15, 0.2) is 0 Å². The van der Waals surface area contributed by atoms with Crippen molar-refractivity contribution in [2.75, 3.05) is 0 Å². The van der Waals surface area contributed by atoms with Crippen LogP contribution in [0.3, 0.4) is 0 Å². The van der Waals surface area contributed by atoms with Crippen molar-refractivity contribution in [2.45, 2.75) is 0 Å². The molecule has 7 rings (SSSR count). The number of para-hydroxylation sites is 2. The van der Waals surface area contributed by atoms with Crippen LogP contribution in [0.15, 0.2) is 134 Å². The van der Waals surface area contributed by atoms with Gasteiger partial charge in [0.2, 0.25) is 0 Å². The summed E-state index contributed by atoms with van der Waals surface area (Å²) in [6.45, 7) is 0. The van der Waals surface area contributed by atoms with Crippen LogP contribution in [0.25, 0.3) is 43.4 Å². The highest BCUT2D eigenvalue weighted by Crippen LogP contribution is 2.24. The fourth-order valence-corrected chi connectivity index (χ4v) is 3.94. The molecule has 0 fully saturated rings. The minimum atomic E-state index is 1.21. The Morgan fingerprint density at radius 2 is 0.688 bits per heavy atom. The smallest absolute Gasteiger partial charge is 0.0453 e. The van der Waals surface area contributed by atoms with Gasteiger partial charge in [0, 0.05) is 23.4 Å². The highest BCUT2D eigenvalue weighted by molar-refractivity contribution is 6.07. The first kappa shape index (κ1) is 19.7. The number of nitrogens with one attached hydrogen (secondary N) is 2. The van der Waals surface area contributed by atoms with E-state index in [1.807, 2.05) is 36.7 Å². The highest BCUT2D eigenvalue weighted by Gasteiger charge is 1.97. The molecule has 154 valence electrons. The summed E-state index contributed by atoms with van der Waals surface area (Å²) in [6, 6.07) is 41.9. The first-order valence-electron chi connectivity index (χ1n) is 10.8. The van der Waals surface area contributed by atoms with E-state index in [9.17, 15) is 0 Å². The number of aromatic amines is 2. The normalized spacial score (nSPS) is 10.5. The molecule has 0 atom stereocenters. The van der Waals surface area contributed by atoms with E-state index >= 15 is 0 Å². The lowest BCUT2D eigenvalue weighted by molar-refractivity contribution is 1.48. The molecular weight excluding hydrogens is 388 g/mol. The molecule has 2 heterocycles. The van der Waals surface area contributed by atoms with E-state index in [1.165, 1.54) is 43.4 Å². The van der Waals surface area contributed by atoms with Crippen molar-refractivity contribution in [3.05, 3.63) is 134 Å². The molecule has 0 radical (unpaired) electrons. The maximum Gasteiger partial charge on any atom is 0.0453 e. The number of hydrogen-bond donors (Lipinski definition) is 2. The standard InChI is InChI=1S/C14H10.2C8H7N/c1-3-7-13-11(5-1)9-10-12-6-2-4-8-14(12)13;2*1-2-4-8-7(3-1)5-6-9-8/h1-10H;2*1-6,9H. The first-order chi connectivity index (χ1) is 15.9. The predicted octanol–water partition coefficient (Wildman–Crippen LogP) is 8.33. The maximum atomic E-state index is 3.12. The number of rotatable bonds is 0. The minimum Gasteiger partial charge on any atom is -0.361 e. The SMILES string of the molecule is c1ccc2[nH]ccc2c1.c1ccc2[nH]ccc2c1.c1ccc2c(c1)ccc1ccccc12. The average molecular weight is 413 g/mol. The molecule has 0 unspecified atom stereocenters. The van der Waals surface area contributed by atoms with Crippen LogP contribution < -0.4 is 0 Å². The van der Waals surface area contributed by atoms with Crippen molar-refractivity contribution < 1.29 is 0 Å². The van der Waals surface area contributed by atoms with Crippen LogP contribution in [0.1, 0.15) is 0 Å². The molecule has 5 aromatic carbocycles. The van der Waals surface area contributed by atoms with Crippen molar-refractivity contribution in [1.29, 1.82) is 0 Å². The molecule has 2 heteroatoms. The molecule has 0 amide bonds. The minimum absolute atomic E-state index is 1.21. The van der Waals surface area contributed by atoms with Gasteiger partial charge in [0.25, 0.3) is 0 Å². The number of aromatic nitrogens is 2. The lowest BCUT2D eigenvalue weighted by atomic mass is 10.0. The fraction of sp³-hybridized carbons (Fsp3) is 0. The Morgan fingerprint density at radius 3 is 1.12 bits per heavy atom. The van der Waals surface area contributed by atoms with Crippen molar-refractivity contribution in [3.63, 3.8) is 0 Å². The Labute approximate surface area is 187 Å². The summed E-state index contributed by atoms with van der Waals surface area (Å²) in [6.07, 6.45) is 3.90. The topological polar surface area (TPSA) is 31.6 Å². The van der Waals surface area contributed by atoms with Crippen LogP contribution in [0.5, 0.6) is 0 Å². The number of benzene rings is 5. The van der Waals surface area contributed by atoms with Crippen LogP contribution in [0, 0.1) is 0 Å². The molecule has 2 aromatic heterocycles. The molecule has 0 aliphatic rings. The van der Waals surface area contributed by atoms with Crippen molar-refractivity contribution in [2.24, 2.45) is 0 Å². The van der Waals surface area contributed by atoms with E-state index in [0.29, 0.717) is 0 Å². The Hall–Kier alpha value is -4.30. The summed E-state index contributed by atoms with van der Waals surface area (Å²) in [7, 11) is 0. The van der Waals surface area contributed by atoms with Crippen LogP contribution in [-0.4, -0.2) is 9.97 Å². The van der Waals surface area contributed by atoms with Gasteiger partial charge in [0.05, 0.1) is 0 Å². The highest BCUT2D eigenvalue weighted by atomic mass is 14.7. The Morgan fingerprint density at radius 1 is 0.312 bits per heavy atom. The molecule has 7 aromatic rings. The molecule has 32 heavy (non-hydrogen) atoms. The second-order valence-electron chi connectivity index (χ2n) is 7.64. The van der Waals surface area contributed by atoms with Gasteiger partial charge in [-0.15, -0.1) is 0 Å². The van der Waals surface area contributed by atoms with E-state index in [1.54, 1.807) is 0 Å². The number of H-pyrrole nitrogens is 2. The van der Waals surface area contributed by atoms with Crippen LogP contribution in [0.4, 0.5) is 0 Å². The third-order valence-electron chi connectivity index (χ3n) is 5.58. The van der Waals surface area contributed by atoms with Crippen LogP contribution in [-0.2, 0) is 0 Å². The van der Waals surface area contributed by atoms with Gasteiger partial charge in [-0.05, 0) is 56.6 Å². The van der Waals surface area contributed by atoms with E-state index in [4.69, 9.17) is 0 Å². The quantitative estimate of drug-likeness (QED) is 0.235. The Kier molecular flexibility index (Phi) is 5.67. The van der Waals surface area contributed by atoms with Gasteiger partial charge in [-0.1, -0.05) is 97.1 Å². The molecule has 0 bridgehead atoms. The van der Waals surface area contributed by atoms with Crippen molar-refractivity contribution >= 4 is 43.4 Å². The molecule has 0 aliphatic heterocycles. The van der Waals surface area contributed by atoms with Gasteiger partial charge in [-0.25, -0.2) is 0 Å². The third-order valence-corrected chi connectivity index (χ3v) is 5.58. The first-order valence-corrected chi connectivity index (χ1v) is 10.8. The van der Waals surface area contributed by atoms with Crippen LogP contribution >= 0.6 is 0 Å². The number of fused-ring (bicyclic) bond motifs is 5. The van der Waals surface area contributed by atoms with Crippen LogP contribution in [0.2, 0.25) is 0 Å². The van der Waals surface area contributed by atoms with Gasteiger partial charge in [0.1, 0.15) is 0 Å².